The molecule has 0 amide bonds. The molecule has 0 radical (unpaired) electrons. The number of carbonyl (C=O) groups is 1. The summed E-state index contributed by atoms with van der Waals surface area (Å²) in [6.07, 6.45) is 0.818. The van der Waals surface area contributed by atoms with Crippen molar-refractivity contribution in [1.82, 2.24) is 0 Å². The van der Waals surface area contributed by atoms with E-state index in [0.29, 0.717) is 18.4 Å². The SMILES string of the molecule is O=C(CC/C(=N/O[Si](c1ccccc1)(c1ccccc1)c1ccccc1)c1ccccc1)c1ccccc1. The summed E-state index contributed by atoms with van der Waals surface area (Å²) in [6, 6.07) is 50.5. The molecule has 0 spiro atoms. The maximum absolute atomic E-state index is 13.0. The summed E-state index contributed by atoms with van der Waals surface area (Å²) in [5.74, 6) is 0.0897. The maximum atomic E-state index is 13.0. The van der Waals surface area contributed by atoms with Crippen LogP contribution in [-0.4, -0.2) is 19.8 Å². The van der Waals surface area contributed by atoms with Gasteiger partial charge in [0.1, 0.15) is 0 Å². The number of ketones is 1. The van der Waals surface area contributed by atoms with Crippen molar-refractivity contribution in [2.75, 3.05) is 0 Å². The van der Waals surface area contributed by atoms with Crippen LogP contribution < -0.4 is 15.6 Å². The van der Waals surface area contributed by atoms with Crippen LogP contribution in [-0.2, 0) is 4.53 Å². The largest absolute Gasteiger partial charge is 0.438 e. The number of rotatable bonds is 10. The summed E-state index contributed by atoms with van der Waals surface area (Å²) in [7, 11) is -3.01. The quantitative estimate of drug-likeness (QED) is 0.0789. The highest BCUT2D eigenvalue weighted by Gasteiger charge is 2.45. The van der Waals surface area contributed by atoms with Crippen LogP contribution >= 0.6 is 0 Å². The lowest BCUT2D eigenvalue weighted by Gasteiger charge is -2.30. The minimum atomic E-state index is -3.01. The average Bonchev–Trinajstić information content (AvgIpc) is 3.01. The Morgan fingerprint density at radius 2 is 0.868 bits per heavy atom. The molecule has 0 aliphatic carbocycles. The fourth-order valence-electron chi connectivity index (χ4n) is 4.67. The van der Waals surface area contributed by atoms with Crippen LogP contribution in [0.5, 0.6) is 0 Å². The van der Waals surface area contributed by atoms with E-state index in [4.69, 9.17) is 9.68 Å². The summed E-state index contributed by atoms with van der Waals surface area (Å²) < 4.78 is 6.86. The highest BCUT2D eigenvalue weighted by atomic mass is 28.4. The first-order chi connectivity index (χ1) is 18.8. The molecule has 0 unspecified atom stereocenters. The first kappa shape index (κ1) is 25.1. The van der Waals surface area contributed by atoms with Gasteiger partial charge < -0.3 is 4.53 Å². The number of Topliss-reactive ketones (excluding diaryl/α,β-unsaturated/α-hetero) is 1. The Morgan fingerprint density at radius 3 is 1.29 bits per heavy atom. The summed E-state index contributed by atoms with van der Waals surface area (Å²) in [5, 5.41) is 8.20. The van der Waals surface area contributed by atoms with Crippen molar-refractivity contribution in [1.29, 1.82) is 0 Å². The van der Waals surface area contributed by atoms with Gasteiger partial charge in [-0.25, -0.2) is 0 Å². The number of benzene rings is 5. The minimum Gasteiger partial charge on any atom is -0.438 e. The second kappa shape index (κ2) is 12.1. The number of nitrogens with zero attached hydrogens (tertiary/aromatic N) is 1. The number of oxime groups is 1. The van der Waals surface area contributed by atoms with Gasteiger partial charge in [-0.1, -0.05) is 152 Å². The van der Waals surface area contributed by atoms with E-state index in [0.717, 1.165) is 26.8 Å². The Morgan fingerprint density at radius 1 is 0.500 bits per heavy atom. The van der Waals surface area contributed by atoms with E-state index < -0.39 is 8.32 Å². The van der Waals surface area contributed by atoms with Gasteiger partial charge in [-0.05, 0) is 21.1 Å². The van der Waals surface area contributed by atoms with Gasteiger partial charge in [0, 0.05) is 18.4 Å². The van der Waals surface area contributed by atoms with Crippen molar-refractivity contribution >= 4 is 35.4 Å². The molecule has 0 fully saturated rings. The van der Waals surface area contributed by atoms with Gasteiger partial charge in [0.25, 0.3) is 0 Å². The van der Waals surface area contributed by atoms with E-state index in [2.05, 4.69) is 36.4 Å². The van der Waals surface area contributed by atoms with Crippen molar-refractivity contribution in [2.45, 2.75) is 12.8 Å². The van der Waals surface area contributed by atoms with E-state index in [1.165, 1.54) is 0 Å². The first-order valence-electron chi connectivity index (χ1n) is 12.8. The summed E-state index contributed by atoms with van der Waals surface area (Å²) in [4.78, 5) is 13.0. The number of hydrogen-bond donors (Lipinski definition) is 0. The zero-order chi connectivity index (χ0) is 26.0. The lowest BCUT2D eigenvalue weighted by Crippen LogP contribution is -2.68. The molecule has 0 aromatic heterocycles. The monoisotopic (exact) mass is 511 g/mol. The van der Waals surface area contributed by atoms with E-state index in [9.17, 15) is 4.79 Å². The van der Waals surface area contributed by atoms with Gasteiger partial charge in [-0.2, -0.15) is 0 Å². The molecule has 0 bridgehead atoms. The van der Waals surface area contributed by atoms with Gasteiger partial charge in [0.15, 0.2) is 5.78 Å². The first-order valence-corrected chi connectivity index (χ1v) is 14.7. The lowest BCUT2D eigenvalue weighted by atomic mass is 10.0. The third-order valence-corrected chi connectivity index (χ3v) is 10.4. The van der Waals surface area contributed by atoms with Crippen LogP contribution in [0.15, 0.2) is 157 Å². The Hall–Kier alpha value is -4.54. The molecule has 5 aromatic carbocycles. The molecule has 0 atom stereocenters. The molecule has 5 aromatic rings. The molecule has 3 nitrogen and oxygen atoms in total. The summed E-state index contributed by atoms with van der Waals surface area (Å²) in [5.41, 5.74) is 2.42. The van der Waals surface area contributed by atoms with Crippen molar-refractivity contribution in [2.24, 2.45) is 5.16 Å². The summed E-state index contributed by atoms with van der Waals surface area (Å²) in [6.45, 7) is 0. The molecular weight excluding hydrogens is 482 g/mol. The normalized spacial score (nSPS) is 11.6. The van der Waals surface area contributed by atoms with Gasteiger partial charge in [0.05, 0.1) is 5.71 Å². The molecular formula is C34H29NO2Si. The van der Waals surface area contributed by atoms with Crippen LogP contribution in [0.2, 0.25) is 0 Å². The van der Waals surface area contributed by atoms with Gasteiger partial charge in [-0.3, -0.25) is 4.79 Å². The Kier molecular flexibility index (Phi) is 8.02. The van der Waals surface area contributed by atoms with Crippen molar-refractivity contribution < 1.29 is 9.32 Å². The molecule has 0 aliphatic rings. The maximum Gasteiger partial charge on any atom is 0.380 e. The van der Waals surface area contributed by atoms with Crippen molar-refractivity contribution in [3.8, 4) is 0 Å². The molecule has 0 N–H and O–H groups in total. The van der Waals surface area contributed by atoms with E-state index in [1.54, 1.807) is 0 Å². The molecule has 38 heavy (non-hydrogen) atoms. The smallest absolute Gasteiger partial charge is 0.380 e. The van der Waals surface area contributed by atoms with Crippen LogP contribution in [0.3, 0.4) is 0 Å². The zero-order valence-corrected chi connectivity index (χ0v) is 22.1. The van der Waals surface area contributed by atoms with Crippen molar-refractivity contribution in [3.63, 3.8) is 0 Å². The fourth-order valence-corrected chi connectivity index (χ4v) is 8.22. The zero-order valence-electron chi connectivity index (χ0n) is 21.1. The second-order valence-electron chi connectivity index (χ2n) is 9.06. The predicted octanol–water partition coefficient (Wildman–Crippen LogP) is 5.74. The second-order valence-corrected chi connectivity index (χ2v) is 12.3. The van der Waals surface area contributed by atoms with E-state index in [1.807, 2.05) is 115 Å². The molecule has 186 valence electrons. The van der Waals surface area contributed by atoms with Gasteiger partial charge >= 0.3 is 8.32 Å². The minimum absolute atomic E-state index is 0.0897. The third kappa shape index (κ3) is 5.56. The summed E-state index contributed by atoms with van der Waals surface area (Å²) >= 11 is 0. The van der Waals surface area contributed by atoms with Crippen LogP contribution in [0.1, 0.15) is 28.8 Å². The molecule has 5 rings (SSSR count). The average molecular weight is 512 g/mol. The third-order valence-electron chi connectivity index (χ3n) is 6.63. The molecule has 0 aliphatic heterocycles. The number of carbonyl (C=O) groups excluding carboxylic acids is 1. The Bertz CT molecular complexity index is 1380. The van der Waals surface area contributed by atoms with Crippen LogP contribution in [0, 0.1) is 0 Å². The van der Waals surface area contributed by atoms with Gasteiger partial charge in [-0.15, -0.1) is 5.16 Å². The molecule has 0 saturated heterocycles. The number of hydrogen-bond acceptors (Lipinski definition) is 3. The molecule has 4 heteroatoms. The highest BCUT2D eigenvalue weighted by molar-refractivity contribution is 7.07. The topological polar surface area (TPSA) is 38.7 Å². The molecule has 0 saturated carbocycles. The Labute approximate surface area is 225 Å². The van der Waals surface area contributed by atoms with Crippen molar-refractivity contribution in [3.05, 3.63) is 163 Å². The van der Waals surface area contributed by atoms with Crippen LogP contribution in [0.25, 0.3) is 0 Å². The van der Waals surface area contributed by atoms with Crippen LogP contribution in [0.4, 0.5) is 0 Å². The van der Waals surface area contributed by atoms with E-state index >= 15 is 0 Å². The Balaban J connectivity index is 1.59. The standard InChI is InChI=1S/C34H29NO2Si/c36-34(29-18-8-2-9-19-29)27-26-33(28-16-6-1-7-17-28)35-37-38(30-20-10-3-11-21-30,31-22-12-4-13-23-31)32-24-14-5-15-25-32/h1-25H,26-27H2/b35-33-. The molecule has 0 heterocycles. The lowest BCUT2D eigenvalue weighted by molar-refractivity contribution is 0.0984. The predicted molar refractivity (Wildman–Crippen MR) is 158 cm³/mol. The van der Waals surface area contributed by atoms with E-state index in [-0.39, 0.29) is 5.78 Å². The fraction of sp³-hybridized carbons (Fsp3) is 0.0588. The van der Waals surface area contributed by atoms with Gasteiger partial charge in [0.2, 0.25) is 0 Å². The highest BCUT2D eigenvalue weighted by Crippen LogP contribution is 2.15.